The van der Waals surface area contributed by atoms with E-state index in [-0.39, 0.29) is 0 Å². The fourth-order valence-electron chi connectivity index (χ4n) is 5.50. The molecule has 0 saturated carbocycles. The van der Waals surface area contributed by atoms with Crippen LogP contribution in [-0.2, 0) is 6.42 Å². The van der Waals surface area contributed by atoms with E-state index < -0.39 is 0 Å². The number of hydrogen-bond donors (Lipinski definition) is 0. The highest BCUT2D eigenvalue weighted by molar-refractivity contribution is 6.09. The van der Waals surface area contributed by atoms with E-state index >= 15 is 0 Å². The van der Waals surface area contributed by atoms with Gasteiger partial charge in [0, 0.05) is 0 Å². The number of aryl methyl sites for hydroxylation is 2. The quantitative estimate of drug-likeness (QED) is 0.229. The fraction of sp³-hybridized carbons (Fsp3) is 0.111. The molecule has 0 aromatic heterocycles. The summed E-state index contributed by atoms with van der Waals surface area (Å²) in [6.07, 6.45) is 3.33. The molecule has 0 atom stereocenters. The Balaban J connectivity index is 1.43. The smallest absolute Gasteiger partial charge is 0.00602 e. The maximum absolute atomic E-state index is 2.40. The van der Waals surface area contributed by atoms with Crippen molar-refractivity contribution in [1.82, 2.24) is 0 Å². The second kappa shape index (κ2) is 9.13. The van der Waals surface area contributed by atoms with E-state index in [9.17, 15) is 0 Å². The molecule has 0 heteroatoms. The van der Waals surface area contributed by atoms with Crippen LogP contribution in [0.5, 0.6) is 0 Å². The molecule has 0 N–H and O–H groups in total. The number of allylic oxidation sites excluding steroid dienone is 1. The molecule has 6 rings (SSSR count). The van der Waals surface area contributed by atoms with Crippen molar-refractivity contribution in [2.24, 2.45) is 0 Å². The molecule has 0 aliphatic heterocycles. The van der Waals surface area contributed by atoms with Crippen molar-refractivity contribution in [3.8, 4) is 11.1 Å². The van der Waals surface area contributed by atoms with Crippen LogP contribution in [0.1, 0.15) is 29.2 Å². The second-order valence-corrected chi connectivity index (χ2v) is 10.1. The highest BCUT2D eigenvalue weighted by atomic mass is 14.1. The molecule has 0 saturated heterocycles. The van der Waals surface area contributed by atoms with Gasteiger partial charge in [-0.25, -0.2) is 0 Å². The lowest BCUT2D eigenvalue weighted by molar-refractivity contribution is 1.18. The first-order valence-electron chi connectivity index (χ1n) is 12.7. The Bertz CT molecular complexity index is 1770. The van der Waals surface area contributed by atoms with Gasteiger partial charge in [-0.05, 0) is 93.4 Å². The van der Waals surface area contributed by atoms with Gasteiger partial charge in [-0.3, -0.25) is 0 Å². The minimum absolute atomic E-state index is 0.933. The Kier molecular flexibility index (Phi) is 5.66. The van der Waals surface area contributed by atoms with E-state index in [1.54, 1.807) is 0 Å². The van der Waals surface area contributed by atoms with Crippen LogP contribution >= 0.6 is 0 Å². The van der Waals surface area contributed by atoms with Crippen LogP contribution in [0.4, 0.5) is 0 Å². The largest absolute Gasteiger partial charge is 0.0683 e. The van der Waals surface area contributed by atoms with E-state index in [1.807, 2.05) is 0 Å². The summed E-state index contributed by atoms with van der Waals surface area (Å²) >= 11 is 0. The van der Waals surface area contributed by atoms with Gasteiger partial charge >= 0.3 is 0 Å². The van der Waals surface area contributed by atoms with Crippen molar-refractivity contribution in [3.05, 3.63) is 137 Å². The Labute approximate surface area is 213 Å². The van der Waals surface area contributed by atoms with Gasteiger partial charge in [0.25, 0.3) is 0 Å². The van der Waals surface area contributed by atoms with Gasteiger partial charge in [0.2, 0.25) is 0 Å². The minimum atomic E-state index is 0.933. The van der Waals surface area contributed by atoms with Crippen LogP contribution in [0.15, 0.2) is 115 Å². The van der Waals surface area contributed by atoms with Crippen molar-refractivity contribution in [3.63, 3.8) is 0 Å². The third kappa shape index (κ3) is 4.10. The molecule has 0 bridgehead atoms. The standard InChI is InChI=1S/C36H30/c1-24-13-17-34-31(23-29-11-7-8-12-32(29)36(34)20-24)19-25(2)21-35-26(3)14-15-30-22-28(16-18-33(30)35)27-9-5-4-6-10-27/h4-18,20-23H,19H2,1-3H3. The fourth-order valence-corrected chi connectivity index (χ4v) is 5.50. The number of hydrogen-bond acceptors (Lipinski definition) is 0. The maximum atomic E-state index is 2.40. The summed E-state index contributed by atoms with van der Waals surface area (Å²) in [5.74, 6) is 0. The first kappa shape index (κ1) is 22.3. The predicted molar refractivity (Wildman–Crippen MR) is 158 cm³/mol. The lowest BCUT2D eigenvalue weighted by atomic mass is 9.91. The molecular formula is C36H30. The molecule has 0 unspecified atom stereocenters. The average molecular weight is 463 g/mol. The van der Waals surface area contributed by atoms with E-state index in [4.69, 9.17) is 0 Å². The van der Waals surface area contributed by atoms with E-state index in [0.717, 1.165) is 6.42 Å². The molecule has 0 aliphatic rings. The third-order valence-corrected chi connectivity index (χ3v) is 7.35. The van der Waals surface area contributed by atoms with Gasteiger partial charge in [-0.2, -0.15) is 0 Å². The number of rotatable bonds is 4. The van der Waals surface area contributed by atoms with Crippen LogP contribution in [0, 0.1) is 13.8 Å². The van der Waals surface area contributed by atoms with E-state index in [1.165, 1.54) is 71.3 Å². The zero-order valence-corrected chi connectivity index (χ0v) is 21.2. The van der Waals surface area contributed by atoms with Crippen LogP contribution in [0.2, 0.25) is 0 Å². The molecule has 0 spiro atoms. The Morgan fingerprint density at radius 3 is 2.19 bits per heavy atom. The lowest BCUT2D eigenvalue weighted by Crippen LogP contribution is -1.93. The maximum Gasteiger partial charge on any atom is -0.00602 e. The molecule has 0 radical (unpaired) electrons. The molecule has 0 aliphatic carbocycles. The first-order chi connectivity index (χ1) is 17.6. The molecule has 0 fully saturated rings. The van der Waals surface area contributed by atoms with E-state index in [0.29, 0.717) is 0 Å². The van der Waals surface area contributed by atoms with Crippen molar-refractivity contribution in [2.45, 2.75) is 27.2 Å². The summed E-state index contributed by atoms with van der Waals surface area (Å²) in [7, 11) is 0. The number of benzene rings is 6. The summed E-state index contributed by atoms with van der Waals surface area (Å²) < 4.78 is 0. The highest BCUT2D eigenvalue weighted by Crippen LogP contribution is 2.33. The summed E-state index contributed by atoms with van der Waals surface area (Å²) in [5, 5.41) is 7.95. The summed E-state index contributed by atoms with van der Waals surface area (Å²) in [6.45, 7) is 6.67. The molecule has 0 nitrogen and oxygen atoms in total. The zero-order chi connectivity index (χ0) is 24.6. The van der Waals surface area contributed by atoms with Crippen LogP contribution in [-0.4, -0.2) is 0 Å². The topological polar surface area (TPSA) is 0 Å². The SMILES string of the molecule is CC(=Cc1c(C)ccc2cc(-c3ccccc3)ccc12)Cc1cc2ccccc2c2cc(C)ccc12. The normalized spacial score (nSPS) is 12.0. The van der Waals surface area contributed by atoms with Crippen molar-refractivity contribution >= 4 is 38.4 Å². The van der Waals surface area contributed by atoms with Gasteiger partial charge in [0.15, 0.2) is 0 Å². The molecular weight excluding hydrogens is 432 g/mol. The predicted octanol–water partition coefficient (Wildman–Crippen LogP) is 10.1. The van der Waals surface area contributed by atoms with Crippen LogP contribution < -0.4 is 0 Å². The Morgan fingerprint density at radius 1 is 0.583 bits per heavy atom. The monoisotopic (exact) mass is 462 g/mol. The summed E-state index contributed by atoms with van der Waals surface area (Å²) in [6, 6.07) is 40.0. The first-order valence-corrected chi connectivity index (χ1v) is 12.7. The van der Waals surface area contributed by atoms with Crippen molar-refractivity contribution in [2.75, 3.05) is 0 Å². The van der Waals surface area contributed by atoms with Gasteiger partial charge in [-0.15, -0.1) is 0 Å². The van der Waals surface area contributed by atoms with Gasteiger partial charge in [-0.1, -0.05) is 120 Å². The molecule has 6 aromatic rings. The van der Waals surface area contributed by atoms with Crippen molar-refractivity contribution in [1.29, 1.82) is 0 Å². The van der Waals surface area contributed by atoms with Gasteiger partial charge in [0.1, 0.15) is 0 Å². The lowest BCUT2D eigenvalue weighted by Gasteiger charge is -2.13. The summed E-state index contributed by atoms with van der Waals surface area (Å²) in [4.78, 5) is 0. The van der Waals surface area contributed by atoms with Crippen LogP contribution in [0.25, 0.3) is 49.5 Å². The van der Waals surface area contributed by atoms with E-state index in [2.05, 4.69) is 136 Å². The van der Waals surface area contributed by atoms with Gasteiger partial charge in [0.05, 0.1) is 0 Å². The molecule has 6 aromatic carbocycles. The molecule has 174 valence electrons. The Morgan fingerprint density at radius 2 is 1.33 bits per heavy atom. The zero-order valence-electron chi connectivity index (χ0n) is 21.2. The molecule has 36 heavy (non-hydrogen) atoms. The minimum Gasteiger partial charge on any atom is -0.0683 e. The second-order valence-electron chi connectivity index (χ2n) is 10.1. The van der Waals surface area contributed by atoms with Crippen molar-refractivity contribution < 1.29 is 0 Å². The van der Waals surface area contributed by atoms with Gasteiger partial charge < -0.3 is 0 Å². The number of fused-ring (bicyclic) bond motifs is 4. The Hall–Kier alpha value is -4.16. The third-order valence-electron chi connectivity index (χ3n) is 7.35. The average Bonchev–Trinajstić information content (AvgIpc) is 2.90. The van der Waals surface area contributed by atoms with Crippen LogP contribution in [0.3, 0.4) is 0 Å². The highest BCUT2D eigenvalue weighted by Gasteiger charge is 2.10. The summed E-state index contributed by atoms with van der Waals surface area (Å²) in [5.41, 5.74) is 9.22. The molecule has 0 heterocycles. The molecule has 0 amide bonds.